The van der Waals surface area contributed by atoms with Gasteiger partial charge < -0.3 is 4.57 Å². The minimum absolute atomic E-state index is 0.112. The Morgan fingerprint density at radius 1 is 1.32 bits per heavy atom. The average Bonchev–Trinajstić information content (AvgIpc) is 2.80. The number of hydrogen-bond donors (Lipinski definition) is 1. The molecule has 1 aromatic carbocycles. The summed E-state index contributed by atoms with van der Waals surface area (Å²) in [6, 6.07) is 4.16. The zero-order valence-corrected chi connectivity index (χ0v) is 13.9. The second-order valence-electron chi connectivity index (χ2n) is 5.43. The summed E-state index contributed by atoms with van der Waals surface area (Å²) in [7, 11) is 0. The third-order valence-electron chi connectivity index (χ3n) is 3.84. The van der Waals surface area contributed by atoms with Crippen molar-refractivity contribution in [3.8, 4) is 0 Å². The normalized spacial score (nSPS) is 11.9. The number of nitro benzene ring substituents is 1. The van der Waals surface area contributed by atoms with Crippen molar-refractivity contribution in [3.05, 3.63) is 56.9 Å². The van der Waals surface area contributed by atoms with Gasteiger partial charge in [0.05, 0.1) is 16.7 Å². The Hall–Kier alpha value is -2.84. The molecule has 0 atom stereocenters. The van der Waals surface area contributed by atoms with Gasteiger partial charge in [-0.25, -0.2) is 0 Å². The largest absolute Gasteiger partial charge is 0.416 e. The molecule has 25 heavy (non-hydrogen) atoms. The summed E-state index contributed by atoms with van der Waals surface area (Å²) in [6.07, 6.45) is -3.17. The zero-order valence-electron chi connectivity index (χ0n) is 13.9. The Labute approximate surface area is 142 Å². The van der Waals surface area contributed by atoms with Crippen LogP contribution in [0.1, 0.15) is 29.4 Å². The Balaban J connectivity index is 2.27. The molecule has 0 aliphatic heterocycles. The molecule has 1 aromatic heterocycles. The number of benzene rings is 1. The fourth-order valence-corrected chi connectivity index (χ4v) is 2.57. The summed E-state index contributed by atoms with van der Waals surface area (Å²) in [6.45, 7) is 6.66. The lowest BCUT2D eigenvalue weighted by molar-refractivity contribution is -0.384. The first-order chi connectivity index (χ1) is 11.6. The van der Waals surface area contributed by atoms with Crippen LogP contribution in [0.15, 0.2) is 29.4 Å². The van der Waals surface area contributed by atoms with E-state index >= 15 is 0 Å². The van der Waals surface area contributed by atoms with Crippen LogP contribution in [-0.4, -0.2) is 15.7 Å². The maximum atomic E-state index is 12.7. The summed E-state index contributed by atoms with van der Waals surface area (Å²) in [4.78, 5) is 10.1. The van der Waals surface area contributed by atoms with Crippen LogP contribution in [0.4, 0.5) is 24.5 Å². The molecule has 1 N–H and O–H groups in total. The Morgan fingerprint density at radius 3 is 2.52 bits per heavy atom. The van der Waals surface area contributed by atoms with Gasteiger partial charge in [-0.3, -0.25) is 15.5 Å². The smallest absolute Gasteiger partial charge is 0.349 e. The number of aryl methyl sites for hydroxylation is 1. The molecule has 0 amide bonds. The van der Waals surface area contributed by atoms with Gasteiger partial charge in [-0.15, -0.1) is 0 Å². The summed E-state index contributed by atoms with van der Waals surface area (Å²) < 4.78 is 40.1. The van der Waals surface area contributed by atoms with Crippen molar-refractivity contribution in [3.63, 3.8) is 0 Å². The highest BCUT2D eigenvalue weighted by molar-refractivity contribution is 5.82. The second-order valence-corrected chi connectivity index (χ2v) is 5.43. The number of hydrazone groups is 1. The topological polar surface area (TPSA) is 72.5 Å². The fraction of sp³-hybridized carbons (Fsp3) is 0.312. The molecule has 2 rings (SSSR count). The van der Waals surface area contributed by atoms with E-state index in [0.29, 0.717) is 6.07 Å². The van der Waals surface area contributed by atoms with Gasteiger partial charge in [0.2, 0.25) is 0 Å². The predicted octanol–water partition coefficient (Wildman–Crippen LogP) is 4.50. The van der Waals surface area contributed by atoms with Gasteiger partial charge in [-0.1, -0.05) is 0 Å². The van der Waals surface area contributed by atoms with E-state index in [0.717, 1.165) is 35.6 Å². The van der Waals surface area contributed by atoms with Crippen LogP contribution in [0.25, 0.3) is 0 Å². The monoisotopic (exact) mass is 354 g/mol. The summed E-state index contributed by atoms with van der Waals surface area (Å²) in [5.41, 5.74) is 3.41. The highest BCUT2D eigenvalue weighted by atomic mass is 19.4. The molecule has 0 fully saturated rings. The van der Waals surface area contributed by atoms with Crippen molar-refractivity contribution in [1.29, 1.82) is 0 Å². The first-order valence-electron chi connectivity index (χ1n) is 7.46. The molecule has 0 saturated heterocycles. The van der Waals surface area contributed by atoms with Gasteiger partial charge in [0, 0.05) is 29.6 Å². The van der Waals surface area contributed by atoms with Crippen LogP contribution in [0, 0.1) is 24.0 Å². The number of nitrogens with one attached hydrogen (secondary N) is 1. The first kappa shape index (κ1) is 18.5. The molecule has 6 nitrogen and oxygen atoms in total. The minimum Gasteiger partial charge on any atom is -0.349 e. The second kappa shape index (κ2) is 6.96. The van der Waals surface area contributed by atoms with E-state index in [1.807, 2.05) is 26.8 Å². The van der Waals surface area contributed by atoms with E-state index in [4.69, 9.17) is 0 Å². The van der Waals surface area contributed by atoms with Crippen LogP contribution in [0.3, 0.4) is 0 Å². The van der Waals surface area contributed by atoms with E-state index in [1.54, 1.807) is 0 Å². The molecular formula is C16H17F3N4O2. The number of aromatic nitrogens is 1. The van der Waals surface area contributed by atoms with Crippen LogP contribution in [-0.2, 0) is 12.7 Å². The summed E-state index contributed by atoms with van der Waals surface area (Å²) in [5, 5.41) is 14.9. The average molecular weight is 354 g/mol. The van der Waals surface area contributed by atoms with Gasteiger partial charge in [-0.05, 0) is 39.0 Å². The SMILES string of the molecule is CCn1c(C)cc(/C=N/Nc2ccc(C(F)(F)F)cc2[N+](=O)[O-])c1C. The van der Waals surface area contributed by atoms with Crippen LogP contribution < -0.4 is 5.43 Å². The Bertz CT molecular complexity index is 826. The van der Waals surface area contributed by atoms with Crippen molar-refractivity contribution in [2.24, 2.45) is 5.10 Å². The van der Waals surface area contributed by atoms with Crippen molar-refractivity contribution >= 4 is 17.6 Å². The van der Waals surface area contributed by atoms with E-state index in [9.17, 15) is 23.3 Å². The van der Waals surface area contributed by atoms with Gasteiger partial charge >= 0.3 is 6.18 Å². The molecule has 2 aromatic rings. The maximum Gasteiger partial charge on any atom is 0.416 e. The summed E-state index contributed by atoms with van der Waals surface area (Å²) >= 11 is 0. The minimum atomic E-state index is -4.65. The molecule has 0 bridgehead atoms. The lowest BCUT2D eigenvalue weighted by Gasteiger charge is -2.08. The van der Waals surface area contributed by atoms with Crippen molar-refractivity contribution in [2.45, 2.75) is 33.5 Å². The number of alkyl halides is 3. The quantitative estimate of drug-likeness (QED) is 0.488. The number of halogens is 3. The van der Waals surface area contributed by atoms with Gasteiger partial charge in [-0.2, -0.15) is 18.3 Å². The molecule has 1 heterocycles. The molecule has 134 valence electrons. The highest BCUT2D eigenvalue weighted by Crippen LogP contribution is 2.34. The molecule has 0 spiro atoms. The Morgan fingerprint density at radius 2 is 2.00 bits per heavy atom. The third kappa shape index (κ3) is 3.98. The highest BCUT2D eigenvalue weighted by Gasteiger charge is 2.33. The number of nitro groups is 1. The van der Waals surface area contributed by atoms with Crippen LogP contribution in [0.2, 0.25) is 0 Å². The fourth-order valence-electron chi connectivity index (χ4n) is 2.57. The van der Waals surface area contributed by atoms with E-state index in [-0.39, 0.29) is 5.69 Å². The lowest BCUT2D eigenvalue weighted by Crippen LogP contribution is -2.06. The van der Waals surface area contributed by atoms with Gasteiger partial charge in [0.25, 0.3) is 5.69 Å². The number of nitrogens with zero attached hydrogens (tertiary/aromatic N) is 3. The first-order valence-corrected chi connectivity index (χ1v) is 7.46. The maximum absolute atomic E-state index is 12.7. The number of anilines is 1. The molecule has 0 aliphatic carbocycles. The van der Waals surface area contributed by atoms with Crippen LogP contribution in [0.5, 0.6) is 0 Å². The third-order valence-corrected chi connectivity index (χ3v) is 3.84. The van der Waals surface area contributed by atoms with E-state index in [1.165, 1.54) is 6.21 Å². The van der Waals surface area contributed by atoms with Crippen molar-refractivity contribution < 1.29 is 18.1 Å². The summed E-state index contributed by atoms with van der Waals surface area (Å²) in [5.74, 6) is 0. The van der Waals surface area contributed by atoms with E-state index < -0.39 is 22.4 Å². The predicted molar refractivity (Wildman–Crippen MR) is 88.9 cm³/mol. The lowest BCUT2D eigenvalue weighted by atomic mass is 10.1. The molecule has 0 unspecified atom stereocenters. The van der Waals surface area contributed by atoms with Gasteiger partial charge in [0.1, 0.15) is 5.69 Å². The molecule has 9 heteroatoms. The zero-order chi connectivity index (χ0) is 18.8. The van der Waals surface area contributed by atoms with Gasteiger partial charge in [0.15, 0.2) is 0 Å². The number of hydrogen-bond acceptors (Lipinski definition) is 4. The number of rotatable bonds is 5. The van der Waals surface area contributed by atoms with Crippen molar-refractivity contribution in [1.82, 2.24) is 4.57 Å². The molecule has 0 radical (unpaired) electrons. The Kier molecular flexibility index (Phi) is 5.15. The van der Waals surface area contributed by atoms with Crippen molar-refractivity contribution in [2.75, 3.05) is 5.43 Å². The molecule has 0 aliphatic rings. The van der Waals surface area contributed by atoms with Crippen LogP contribution >= 0.6 is 0 Å². The molecule has 0 saturated carbocycles. The standard InChI is InChI=1S/C16H17F3N4O2/c1-4-22-10(2)7-12(11(22)3)9-20-21-14-6-5-13(16(17,18)19)8-15(14)23(24)25/h5-9,21H,4H2,1-3H3/b20-9+. The molecular weight excluding hydrogens is 337 g/mol. The van der Waals surface area contributed by atoms with E-state index in [2.05, 4.69) is 15.1 Å².